The van der Waals surface area contributed by atoms with E-state index in [1.54, 1.807) is 0 Å². The molecule has 0 aliphatic rings. The monoisotopic (exact) mass is 760 g/mol. The number of unbranched alkanes of at least 4 members (excludes halogenated alkanes) is 12. The number of alkyl halides is 1. The first-order valence-corrected chi connectivity index (χ1v) is 18.7. The molecule has 1 aromatic heterocycles. The van der Waals surface area contributed by atoms with E-state index in [2.05, 4.69) is 57.8 Å². The first kappa shape index (κ1) is 43.8. The van der Waals surface area contributed by atoms with E-state index in [1.165, 1.54) is 51.4 Å². The van der Waals surface area contributed by atoms with Crippen LogP contribution in [0.15, 0.2) is 0 Å². The van der Waals surface area contributed by atoms with Gasteiger partial charge in [-0.3, -0.25) is 19.2 Å². The van der Waals surface area contributed by atoms with E-state index in [4.69, 9.17) is 9.47 Å². The SMILES string of the molecule is O=C(CBr)NCCNC(=O)COCCOCCNC(=O)CCC(NC(=O)CCCCCCCCCCCCCCCc1nnn[nH]1)C(=O)O. The second kappa shape index (κ2) is 30.8. The maximum Gasteiger partial charge on any atom is 0.326 e. The van der Waals surface area contributed by atoms with Crippen molar-refractivity contribution in [2.24, 2.45) is 0 Å². The van der Waals surface area contributed by atoms with Gasteiger partial charge in [-0.1, -0.05) is 86.6 Å². The number of carbonyl (C=O) groups is 5. The Morgan fingerprint density at radius 3 is 1.84 bits per heavy atom. The molecule has 6 N–H and O–H groups in total. The van der Waals surface area contributed by atoms with E-state index in [0.717, 1.165) is 37.9 Å². The van der Waals surface area contributed by atoms with Gasteiger partial charge in [0.05, 0.1) is 25.2 Å². The second-order valence-corrected chi connectivity index (χ2v) is 12.4. The van der Waals surface area contributed by atoms with Crippen molar-refractivity contribution in [3.63, 3.8) is 0 Å². The predicted molar refractivity (Wildman–Crippen MR) is 186 cm³/mol. The predicted octanol–water partition coefficient (Wildman–Crippen LogP) is 2.33. The van der Waals surface area contributed by atoms with Crippen molar-refractivity contribution in [3.8, 4) is 0 Å². The fourth-order valence-electron chi connectivity index (χ4n) is 4.84. The van der Waals surface area contributed by atoms with Gasteiger partial charge in [-0.15, -0.1) is 5.10 Å². The zero-order valence-electron chi connectivity index (χ0n) is 28.8. The van der Waals surface area contributed by atoms with E-state index in [0.29, 0.717) is 19.5 Å². The molecule has 0 spiro atoms. The number of carboxylic acid groups (broad SMARTS) is 1. The highest BCUT2D eigenvalue weighted by atomic mass is 79.9. The van der Waals surface area contributed by atoms with Crippen molar-refractivity contribution in [2.75, 3.05) is 51.4 Å². The summed E-state index contributed by atoms with van der Waals surface area (Å²) in [6, 6.07) is -1.12. The van der Waals surface area contributed by atoms with E-state index < -0.39 is 12.0 Å². The number of nitrogens with zero attached hydrogens (tertiary/aromatic N) is 3. The Labute approximate surface area is 297 Å². The number of halogens is 1. The van der Waals surface area contributed by atoms with Crippen molar-refractivity contribution in [1.82, 2.24) is 41.9 Å². The lowest BCUT2D eigenvalue weighted by Gasteiger charge is -2.14. The number of carbonyl (C=O) groups excluding carboxylic acids is 4. The Morgan fingerprint density at radius 2 is 1.24 bits per heavy atom. The number of aryl methyl sites for hydroxylation is 1. The van der Waals surface area contributed by atoms with Crippen LogP contribution < -0.4 is 21.3 Å². The molecule has 0 saturated heterocycles. The quantitative estimate of drug-likeness (QED) is 0.0450. The topological polar surface area (TPSA) is 227 Å². The summed E-state index contributed by atoms with van der Waals surface area (Å²) in [6.45, 7) is 1.36. The van der Waals surface area contributed by atoms with E-state index in [-0.39, 0.29) is 81.2 Å². The van der Waals surface area contributed by atoms with Gasteiger partial charge in [0, 0.05) is 38.9 Å². The Bertz CT molecular complexity index is 1030. The number of aromatic amines is 1. The molecule has 4 amide bonds. The number of aliphatic carboxylic acids is 1. The Kier molecular flexibility index (Phi) is 27.6. The number of amides is 4. The van der Waals surface area contributed by atoms with Gasteiger partial charge in [-0.25, -0.2) is 9.89 Å². The third kappa shape index (κ3) is 27.3. The molecular formula is C32H57BrN8O8. The van der Waals surface area contributed by atoms with Gasteiger partial charge in [0.15, 0.2) is 0 Å². The molecule has 0 aliphatic heterocycles. The first-order chi connectivity index (χ1) is 23.8. The van der Waals surface area contributed by atoms with Crippen LogP contribution >= 0.6 is 15.9 Å². The summed E-state index contributed by atoms with van der Waals surface area (Å²) in [6.07, 6.45) is 16.1. The third-order valence-electron chi connectivity index (χ3n) is 7.56. The van der Waals surface area contributed by atoms with Gasteiger partial charge in [0.25, 0.3) is 0 Å². The third-order valence-corrected chi connectivity index (χ3v) is 8.07. The molecule has 1 heterocycles. The molecular weight excluding hydrogens is 704 g/mol. The van der Waals surface area contributed by atoms with Crippen LogP contribution in [0.4, 0.5) is 0 Å². The van der Waals surface area contributed by atoms with E-state index in [9.17, 15) is 29.1 Å². The summed E-state index contributed by atoms with van der Waals surface area (Å²) in [7, 11) is 0. The van der Waals surface area contributed by atoms with Crippen molar-refractivity contribution in [2.45, 2.75) is 115 Å². The lowest BCUT2D eigenvalue weighted by Crippen LogP contribution is -2.41. The van der Waals surface area contributed by atoms with Crippen molar-refractivity contribution in [1.29, 1.82) is 0 Å². The highest BCUT2D eigenvalue weighted by molar-refractivity contribution is 9.09. The lowest BCUT2D eigenvalue weighted by molar-refractivity contribution is -0.142. The van der Waals surface area contributed by atoms with E-state index in [1.807, 2.05) is 0 Å². The summed E-state index contributed by atoms with van der Waals surface area (Å²) < 4.78 is 10.6. The zero-order valence-corrected chi connectivity index (χ0v) is 30.4. The van der Waals surface area contributed by atoms with Crippen molar-refractivity contribution >= 4 is 45.5 Å². The summed E-state index contributed by atoms with van der Waals surface area (Å²) in [5, 5.41) is 33.9. The average Bonchev–Trinajstić information content (AvgIpc) is 3.61. The van der Waals surface area contributed by atoms with Crippen LogP contribution in [0.1, 0.15) is 109 Å². The maximum absolute atomic E-state index is 12.3. The van der Waals surface area contributed by atoms with Gasteiger partial charge >= 0.3 is 5.97 Å². The molecule has 0 aliphatic carbocycles. The first-order valence-electron chi connectivity index (χ1n) is 17.6. The molecule has 0 bridgehead atoms. The molecule has 0 saturated carbocycles. The maximum atomic E-state index is 12.3. The second-order valence-electron chi connectivity index (χ2n) is 11.8. The van der Waals surface area contributed by atoms with Gasteiger partial charge in [0.2, 0.25) is 23.6 Å². The largest absolute Gasteiger partial charge is 0.480 e. The zero-order chi connectivity index (χ0) is 35.8. The molecule has 1 aromatic rings. The fourth-order valence-corrected chi connectivity index (χ4v) is 5.04. The molecule has 0 fully saturated rings. The van der Waals surface area contributed by atoms with Crippen LogP contribution in [0.25, 0.3) is 0 Å². The lowest BCUT2D eigenvalue weighted by atomic mass is 10.0. The van der Waals surface area contributed by atoms with Crippen molar-refractivity contribution in [3.05, 3.63) is 5.82 Å². The number of nitrogens with one attached hydrogen (secondary N) is 5. The number of ether oxygens (including phenoxy) is 2. The Hall–Kier alpha value is -3.18. The number of rotatable bonds is 33. The average molecular weight is 762 g/mol. The highest BCUT2D eigenvalue weighted by Gasteiger charge is 2.20. The van der Waals surface area contributed by atoms with Crippen LogP contribution in [0, 0.1) is 0 Å². The number of carboxylic acids is 1. The fraction of sp³-hybridized carbons (Fsp3) is 0.812. The number of hydrogen-bond acceptors (Lipinski definition) is 10. The van der Waals surface area contributed by atoms with Gasteiger partial charge in [-0.2, -0.15) is 0 Å². The Morgan fingerprint density at radius 1 is 0.673 bits per heavy atom. The van der Waals surface area contributed by atoms with Crippen LogP contribution in [-0.2, 0) is 39.9 Å². The van der Waals surface area contributed by atoms with E-state index >= 15 is 0 Å². The van der Waals surface area contributed by atoms with Gasteiger partial charge in [0.1, 0.15) is 18.5 Å². The van der Waals surface area contributed by atoms with Crippen LogP contribution in [-0.4, -0.2) is 113 Å². The van der Waals surface area contributed by atoms with Gasteiger partial charge in [-0.05, 0) is 29.7 Å². The summed E-state index contributed by atoms with van der Waals surface area (Å²) in [5.41, 5.74) is 0. The Balaban J connectivity index is 1.92. The molecule has 1 atom stereocenters. The molecule has 0 radical (unpaired) electrons. The van der Waals surface area contributed by atoms with Crippen LogP contribution in [0.2, 0.25) is 0 Å². The number of H-pyrrole nitrogens is 1. The number of tetrazole rings is 1. The minimum atomic E-state index is -1.17. The normalized spacial score (nSPS) is 11.5. The number of aromatic nitrogens is 4. The van der Waals surface area contributed by atoms with Crippen LogP contribution in [0.5, 0.6) is 0 Å². The molecule has 49 heavy (non-hydrogen) atoms. The number of hydrogen-bond donors (Lipinski definition) is 6. The minimum absolute atomic E-state index is 0.00579. The molecule has 1 unspecified atom stereocenters. The highest BCUT2D eigenvalue weighted by Crippen LogP contribution is 2.13. The molecule has 280 valence electrons. The molecule has 17 heteroatoms. The summed E-state index contributed by atoms with van der Waals surface area (Å²) in [4.78, 5) is 58.7. The molecule has 16 nitrogen and oxygen atoms in total. The van der Waals surface area contributed by atoms with Crippen LogP contribution in [0.3, 0.4) is 0 Å². The van der Waals surface area contributed by atoms with Gasteiger partial charge < -0.3 is 35.8 Å². The van der Waals surface area contributed by atoms with Crippen molar-refractivity contribution < 1.29 is 38.6 Å². The standard InChI is InChI=1S/C32H57BrN8O8/c33-24-30(44)34-18-19-35-31(45)25-49-23-22-48-21-20-36-28(42)17-16-26(32(46)47)37-29(43)15-13-11-9-7-5-3-1-2-4-6-8-10-12-14-27-38-40-41-39-27/h26H,1-25H2,(H,34,44)(H,35,45)(H,36,42)(H,37,43)(H,46,47)(H,38,39,40,41). The summed E-state index contributed by atoms with van der Waals surface area (Å²) in [5.74, 6) is -1.42. The molecule has 0 aromatic carbocycles. The summed E-state index contributed by atoms with van der Waals surface area (Å²) >= 11 is 3.03. The smallest absolute Gasteiger partial charge is 0.326 e. The minimum Gasteiger partial charge on any atom is -0.480 e. The molecule has 1 rings (SSSR count).